The van der Waals surface area contributed by atoms with Crippen molar-refractivity contribution in [3.8, 4) is 5.75 Å². The van der Waals surface area contributed by atoms with Crippen LogP contribution in [0.25, 0.3) is 0 Å². The van der Waals surface area contributed by atoms with Crippen molar-refractivity contribution in [1.82, 2.24) is 0 Å². The fourth-order valence-corrected chi connectivity index (χ4v) is 2.53. The van der Waals surface area contributed by atoms with Crippen LogP contribution in [0.5, 0.6) is 5.75 Å². The second kappa shape index (κ2) is 10.3. The maximum atomic E-state index is 11.7. The van der Waals surface area contributed by atoms with Crippen molar-refractivity contribution in [3.63, 3.8) is 0 Å². The number of hydrogen-bond acceptors (Lipinski definition) is 6. The highest BCUT2D eigenvalue weighted by molar-refractivity contribution is 5.95. The highest BCUT2D eigenvalue weighted by Crippen LogP contribution is 2.30. The Morgan fingerprint density at radius 1 is 1.22 bits per heavy atom. The summed E-state index contributed by atoms with van der Waals surface area (Å²) in [7, 11) is 0. The van der Waals surface area contributed by atoms with Crippen LogP contribution in [0.1, 0.15) is 31.0 Å². The van der Waals surface area contributed by atoms with E-state index < -0.39 is 12.0 Å². The molecule has 2 aromatic rings. The van der Waals surface area contributed by atoms with E-state index in [9.17, 15) is 9.90 Å². The zero-order chi connectivity index (χ0) is 19.1. The number of carboxylic acids is 1. The maximum Gasteiger partial charge on any atom is 0.142 e. The predicted octanol–water partition coefficient (Wildman–Crippen LogP) is 2.13. The number of carboxylic acid groups (broad SMARTS) is 1. The van der Waals surface area contributed by atoms with Gasteiger partial charge in [0.2, 0.25) is 0 Å². The summed E-state index contributed by atoms with van der Waals surface area (Å²) in [5, 5.41) is 25.2. The lowest BCUT2D eigenvalue weighted by Gasteiger charge is -2.23. The normalized spacial score (nSPS) is 11.0. The van der Waals surface area contributed by atoms with Gasteiger partial charge in [0.05, 0.1) is 24.3 Å². The number of nitrogens with one attached hydrogen (secondary N) is 3. The molecule has 0 amide bonds. The van der Waals surface area contributed by atoms with Crippen molar-refractivity contribution in [2.24, 2.45) is 5.73 Å². The van der Waals surface area contributed by atoms with Gasteiger partial charge in [-0.15, -0.1) is 12.4 Å². The summed E-state index contributed by atoms with van der Waals surface area (Å²) in [5.41, 5.74) is 7.85. The molecule has 0 saturated heterocycles. The minimum atomic E-state index is -1.24. The minimum absolute atomic E-state index is 0. The van der Waals surface area contributed by atoms with Gasteiger partial charge in [0.15, 0.2) is 0 Å². The molecule has 0 saturated carbocycles. The van der Waals surface area contributed by atoms with Crippen LogP contribution in [0.2, 0.25) is 0 Å². The molecule has 0 bridgehead atoms. The highest BCUT2D eigenvalue weighted by atomic mass is 35.5. The lowest BCUT2D eigenvalue weighted by molar-refractivity contribution is -0.307. The van der Waals surface area contributed by atoms with Crippen LogP contribution in [0.15, 0.2) is 42.5 Å². The van der Waals surface area contributed by atoms with Gasteiger partial charge in [-0.1, -0.05) is 6.07 Å². The molecule has 146 valence electrons. The van der Waals surface area contributed by atoms with Crippen molar-refractivity contribution in [2.45, 2.75) is 19.9 Å². The van der Waals surface area contributed by atoms with Crippen LogP contribution in [-0.2, 0) is 4.79 Å². The number of halogens is 1. The van der Waals surface area contributed by atoms with Gasteiger partial charge in [-0.2, -0.15) is 0 Å². The Bertz CT molecular complexity index is 781. The van der Waals surface area contributed by atoms with Gasteiger partial charge in [-0.3, -0.25) is 5.41 Å². The summed E-state index contributed by atoms with van der Waals surface area (Å²) in [6.07, 6.45) is 0. The third-order valence-corrected chi connectivity index (χ3v) is 3.75. The molecule has 2 aromatic carbocycles. The Morgan fingerprint density at radius 2 is 1.89 bits per heavy atom. The average Bonchev–Trinajstić information content (AvgIpc) is 2.62. The number of ether oxygens (including phenoxy) is 1. The lowest BCUT2D eigenvalue weighted by Crippen LogP contribution is -2.34. The molecule has 5 N–H and O–H groups in total. The Hall–Kier alpha value is -2.93. The molecule has 7 nitrogen and oxygen atoms in total. The molecule has 8 heteroatoms. The van der Waals surface area contributed by atoms with Crippen LogP contribution >= 0.6 is 12.4 Å². The summed E-state index contributed by atoms with van der Waals surface area (Å²) in [6.45, 7) is 5.04. The number of nitrogens with two attached hydrogens (primary N) is 1. The third kappa shape index (κ3) is 5.79. The number of carbonyl (C=O) groups excluding carboxylic acids is 1. The highest BCUT2D eigenvalue weighted by Gasteiger charge is 2.15. The number of hydrogen-bond donors (Lipinski definition) is 4. The van der Waals surface area contributed by atoms with E-state index in [4.69, 9.17) is 15.9 Å². The van der Waals surface area contributed by atoms with Gasteiger partial charge in [-0.25, -0.2) is 0 Å². The molecule has 1 unspecified atom stereocenters. The van der Waals surface area contributed by atoms with E-state index in [1.807, 2.05) is 13.8 Å². The van der Waals surface area contributed by atoms with E-state index in [0.29, 0.717) is 35.7 Å². The molecule has 0 radical (unpaired) electrons. The molecule has 0 heterocycles. The Morgan fingerprint density at radius 3 is 2.41 bits per heavy atom. The number of rotatable bonds is 9. The first-order valence-corrected chi connectivity index (χ1v) is 8.38. The predicted molar refractivity (Wildman–Crippen MR) is 108 cm³/mol. The molecule has 27 heavy (non-hydrogen) atoms. The summed E-state index contributed by atoms with van der Waals surface area (Å²) in [4.78, 5) is 11.7. The Balaban J connectivity index is 0.00000364. The van der Waals surface area contributed by atoms with Gasteiger partial charge >= 0.3 is 0 Å². The molecule has 0 spiro atoms. The first kappa shape index (κ1) is 22.1. The van der Waals surface area contributed by atoms with E-state index in [2.05, 4.69) is 10.6 Å². The third-order valence-electron chi connectivity index (χ3n) is 3.75. The molecular formula is C19H24ClN4O3-. The molecule has 0 fully saturated rings. The van der Waals surface area contributed by atoms with Crippen LogP contribution in [0, 0.1) is 5.41 Å². The molecule has 0 aromatic heterocycles. The van der Waals surface area contributed by atoms with E-state index in [-0.39, 0.29) is 18.2 Å². The maximum absolute atomic E-state index is 11.7. The quantitative estimate of drug-likeness (QED) is 0.383. The smallest absolute Gasteiger partial charge is 0.142 e. The average molecular weight is 392 g/mol. The van der Waals surface area contributed by atoms with Crippen LogP contribution in [0.4, 0.5) is 11.4 Å². The summed E-state index contributed by atoms with van der Waals surface area (Å²) >= 11 is 0. The molecule has 0 aliphatic heterocycles. The number of carbonyl (C=O) groups is 1. The van der Waals surface area contributed by atoms with Crippen LogP contribution < -0.4 is 26.2 Å². The number of nitrogen functional groups attached to an aromatic ring is 1. The van der Waals surface area contributed by atoms with Crippen molar-refractivity contribution in [2.75, 3.05) is 23.8 Å². The van der Waals surface area contributed by atoms with Gasteiger partial charge in [-0.05, 0) is 55.8 Å². The van der Waals surface area contributed by atoms with Crippen LogP contribution in [-0.4, -0.2) is 25.0 Å². The SMILES string of the molecule is CCNc1cc(C(Nc2ccc(C(=N)N)cc2)C(=O)[O-])ccc1OCC.Cl. The van der Waals surface area contributed by atoms with Gasteiger partial charge < -0.3 is 31.0 Å². The number of benzene rings is 2. The largest absolute Gasteiger partial charge is 0.548 e. The zero-order valence-electron chi connectivity index (χ0n) is 15.2. The molecule has 0 aliphatic carbocycles. The van der Waals surface area contributed by atoms with Gasteiger partial charge in [0.1, 0.15) is 11.6 Å². The second-order valence-electron chi connectivity index (χ2n) is 5.61. The van der Waals surface area contributed by atoms with Gasteiger partial charge in [0, 0.05) is 17.8 Å². The topological polar surface area (TPSA) is 123 Å². The van der Waals surface area contributed by atoms with E-state index in [1.165, 1.54) is 0 Å². The summed E-state index contributed by atoms with van der Waals surface area (Å²) < 4.78 is 5.56. The summed E-state index contributed by atoms with van der Waals surface area (Å²) in [6, 6.07) is 10.8. The fourth-order valence-electron chi connectivity index (χ4n) is 2.53. The van der Waals surface area contributed by atoms with Crippen molar-refractivity contribution >= 4 is 35.6 Å². The van der Waals surface area contributed by atoms with Crippen molar-refractivity contribution in [1.29, 1.82) is 5.41 Å². The minimum Gasteiger partial charge on any atom is -0.548 e. The number of aliphatic carboxylic acids is 1. The zero-order valence-corrected chi connectivity index (χ0v) is 16.1. The monoisotopic (exact) mass is 391 g/mol. The van der Waals surface area contributed by atoms with Crippen molar-refractivity contribution < 1.29 is 14.6 Å². The fraction of sp³-hybridized carbons (Fsp3) is 0.263. The van der Waals surface area contributed by atoms with Gasteiger partial charge in [0.25, 0.3) is 0 Å². The van der Waals surface area contributed by atoms with E-state index in [0.717, 1.165) is 5.69 Å². The Kier molecular flexibility index (Phi) is 8.41. The van der Waals surface area contributed by atoms with E-state index >= 15 is 0 Å². The molecule has 0 aliphatic rings. The van der Waals surface area contributed by atoms with Crippen LogP contribution in [0.3, 0.4) is 0 Å². The first-order chi connectivity index (χ1) is 12.5. The lowest BCUT2D eigenvalue weighted by atomic mass is 10.0. The first-order valence-electron chi connectivity index (χ1n) is 8.38. The summed E-state index contributed by atoms with van der Waals surface area (Å²) in [5.74, 6) is -0.622. The molecule has 2 rings (SSSR count). The number of amidine groups is 1. The molecular weight excluding hydrogens is 368 g/mol. The molecule has 1 atom stereocenters. The Labute approximate surface area is 164 Å². The number of anilines is 2. The second-order valence-corrected chi connectivity index (χ2v) is 5.61. The van der Waals surface area contributed by atoms with Crippen molar-refractivity contribution in [3.05, 3.63) is 53.6 Å². The standard InChI is InChI=1S/C19H24N4O3.ClH/c1-3-22-15-11-13(7-10-16(15)26-4-2)17(19(24)25)23-14-8-5-12(6-9-14)18(20)21;/h5-11,17,22-23H,3-4H2,1-2H3,(H3,20,21)(H,24,25);1H/p-1. The van der Waals surface area contributed by atoms with E-state index in [1.54, 1.807) is 42.5 Å².